The van der Waals surface area contributed by atoms with E-state index in [-0.39, 0.29) is 5.91 Å². The molecular weight excluding hydrogens is 262 g/mol. The predicted octanol–water partition coefficient (Wildman–Crippen LogP) is 2.25. The van der Waals surface area contributed by atoms with Crippen LogP contribution in [-0.2, 0) is 15.1 Å². The van der Waals surface area contributed by atoms with Crippen molar-refractivity contribution in [2.75, 3.05) is 12.0 Å². The van der Waals surface area contributed by atoms with E-state index in [0.29, 0.717) is 24.2 Å². The third-order valence-corrected chi connectivity index (χ3v) is 3.66. The lowest BCUT2D eigenvalue weighted by Gasteiger charge is -2.30. The topological polar surface area (TPSA) is 66.4 Å². The van der Waals surface area contributed by atoms with E-state index in [1.807, 2.05) is 12.3 Å². The minimum absolute atomic E-state index is 0.234. The zero-order valence-corrected chi connectivity index (χ0v) is 12.0. The lowest BCUT2D eigenvalue weighted by molar-refractivity contribution is -0.148. The van der Waals surface area contributed by atoms with Crippen LogP contribution in [0.5, 0.6) is 0 Å². The number of carboxylic acid groups (broad SMARTS) is 1. The van der Waals surface area contributed by atoms with Crippen LogP contribution in [0.4, 0.5) is 0 Å². The van der Waals surface area contributed by atoms with Gasteiger partial charge in [-0.3, -0.25) is 4.79 Å². The number of thioether (sulfide) groups is 1. The maximum atomic E-state index is 11.9. The van der Waals surface area contributed by atoms with Crippen molar-refractivity contribution in [3.8, 4) is 0 Å². The number of nitrogens with one attached hydrogen (secondary N) is 1. The number of carboxylic acids is 1. The molecule has 1 rings (SSSR count). The van der Waals surface area contributed by atoms with E-state index in [4.69, 9.17) is 0 Å². The van der Waals surface area contributed by atoms with Crippen molar-refractivity contribution in [2.45, 2.75) is 25.3 Å². The van der Waals surface area contributed by atoms with Gasteiger partial charge >= 0.3 is 5.97 Å². The van der Waals surface area contributed by atoms with E-state index in [9.17, 15) is 14.7 Å². The highest BCUT2D eigenvalue weighted by Gasteiger charge is 2.39. The van der Waals surface area contributed by atoms with Gasteiger partial charge in [-0.05, 0) is 18.2 Å². The molecule has 0 aliphatic rings. The molecule has 1 aromatic carbocycles. The fraction of sp³-hybridized carbons (Fsp3) is 0.429. The Morgan fingerprint density at radius 3 is 2.42 bits per heavy atom. The van der Waals surface area contributed by atoms with Crippen LogP contribution in [0.15, 0.2) is 30.3 Å². The first-order valence-corrected chi connectivity index (χ1v) is 7.55. The zero-order valence-electron chi connectivity index (χ0n) is 11.2. The van der Waals surface area contributed by atoms with Crippen molar-refractivity contribution in [1.29, 1.82) is 0 Å². The molecule has 0 bridgehead atoms. The smallest absolute Gasteiger partial charge is 0.334 e. The maximum absolute atomic E-state index is 11.9. The molecule has 4 nitrogen and oxygen atoms in total. The molecule has 2 N–H and O–H groups in total. The first kappa shape index (κ1) is 15.6. The van der Waals surface area contributed by atoms with Gasteiger partial charge in [0, 0.05) is 12.2 Å². The van der Waals surface area contributed by atoms with E-state index in [0.717, 1.165) is 0 Å². The molecule has 0 fully saturated rings. The number of benzene rings is 1. The molecule has 1 amide bonds. The van der Waals surface area contributed by atoms with Gasteiger partial charge in [-0.2, -0.15) is 11.8 Å². The fourth-order valence-electron chi connectivity index (χ4n) is 1.91. The van der Waals surface area contributed by atoms with Crippen LogP contribution >= 0.6 is 11.8 Å². The average Bonchev–Trinajstić information content (AvgIpc) is 2.43. The quantitative estimate of drug-likeness (QED) is 0.804. The van der Waals surface area contributed by atoms with Crippen LogP contribution in [0.1, 0.15) is 25.3 Å². The van der Waals surface area contributed by atoms with Gasteiger partial charge in [-0.15, -0.1) is 0 Å². The highest BCUT2D eigenvalue weighted by Crippen LogP contribution is 2.25. The van der Waals surface area contributed by atoms with Crippen LogP contribution in [0.25, 0.3) is 0 Å². The number of amides is 1. The first-order valence-electron chi connectivity index (χ1n) is 6.15. The Bertz CT molecular complexity index is 436. The van der Waals surface area contributed by atoms with Crippen LogP contribution in [-0.4, -0.2) is 29.0 Å². The standard InChI is InChI=1S/C14H19NO3S/c1-3-14(13(17)18,11-7-5-4-6-8-11)15-12(16)9-10-19-2/h4-8H,3,9-10H2,1-2H3,(H,15,16)(H,17,18). The lowest BCUT2D eigenvalue weighted by atomic mass is 9.87. The lowest BCUT2D eigenvalue weighted by Crippen LogP contribution is -2.51. The Kier molecular flexibility index (Phi) is 5.89. The van der Waals surface area contributed by atoms with Gasteiger partial charge in [0.15, 0.2) is 5.54 Å². The number of aliphatic carboxylic acids is 1. The summed E-state index contributed by atoms with van der Waals surface area (Å²) in [4.78, 5) is 23.5. The second-order valence-corrected chi connectivity index (χ2v) is 5.21. The molecule has 0 aliphatic heterocycles. The summed E-state index contributed by atoms with van der Waals surface area (Å²) in [5.74, 6) is -0.582. The summed E-state index contributed by atoms with van der Waals surface area (Å²) in [5.41, 5.74) is -0.737. The molecule has 5 heteroatoms. The van der Waals surface area contributed by atoms with Gasteiger partial charge in [-0.25, -0.2) is 4.79 Å². The molecule has 0 radical (unpaired) electrons. The molecule has 0 aliphatic carbocycles. The molecule has 1 atom stereocenters. The predicted molar refractivity (Wildman–Crippen MR) is 77.2 cm³/mol. The normalized spacial score (nSPS) is 13.6. The largest absolute Gasteiger partial charge is 0.479 e. The van der Waals surface area contributed by atoms with E-state index >= 15 is 0 Å². The van der Waals surface area contributed by atoms with Gasteiger partial charge in [0.2, 0.25) is 5.91 Å². The van der Waals surface area contributed by atoms with Gasteiger partial charge in [-0.1, -0.05) is 37.3 Å². The Labute approximate surface area is 117 Å². The molecule has 0 saturated carbocycles. The van der Waals surface area contributed by atoms with Gasteiger partial charge in [0.25, 0.3) is 0 Å². The van der Waals surface area contributed by atoms with Crippen LogP contribution in [0, 0.1) is 0 Å². The number of hydrogen-bond donors (Lipinski definition) is 2. The third-order valence-electron chi connectivity index (χ3n) is 3.05. The monoisotopic (exact) mass is 281 g/mol. The van der Waals surface area contributed by atoms with E-state index < -0.39 is 11.5 Å². The number of hydrogen-bond acceptors (Lipinski definition) is 3. The molecule has 104 valence electrons. The summed E-state index contributed by atoms with van der Waals surface area (Å²) in [5, 5.41) is 12.2. The highest BCUT2D eigenvalue weighted by molar-refractivity contribution is 7.98. The number of carbonyl (C=O) groups excluding carboxylic acids is 1. The Balaban J connectivity index is 3.01. The van der Waals surface area contributed by atoms with Crippen LogP contribution < -0.4 is 5.32 Å². The van der Waals surface area contributed by atoms with Crippen LogP contribution in [0.3, 0.4) is 0 Å². The molecule has 0 heterocycles. The minimum Gasteiger partial charge on any atom is -0.479 e. The van der Waals surface area contributed by atoms with Crippen molar-refractivity contribution in [2.24, 2.45) is 0 Å². The summed E-state index contributed by atoms with van der Waals surface area (Å²) >= 11 is 1.56. The van der Waals surface area contributed by atoms with E-state index in [2.05, 4.69) is 5.32 Å². The second kappa shape index (κ2) is 7.19. The molecule has 1 unspecified atom stereocenters. The molecule has 0 saturated heterocycles. The summed E-state index contributed by atoms with van der Waals surface area (Å²) in [6, 6.07) is 8.83. The molecule has 19 heavy (non-hydrogen) atoms. The highest BCUT2D eigenvalue weighted by atomic mass is 32.2. The third kappa shape index (κ3) is 3.73. The van der Waals surface area contributed by atoms with E-state index in [1.54, 1.807) is 43.0 Å². The summed E-state index contributed by atoms with van der Waals surface area (Å²) in [6.45, 7) is 1.76. The van der Waals surface area contributed by atoms with Gasteiger partial charge in [0.05, 0.1) is 0 Å². The van der Waals surface area contributed by atoms with Crippen molar-refractivity contribution in [3.63, 3.8) is 0 Å². The zero-order chi connectivity index (χ0) is 14.3. The maximum Gasteiger partial charge on any atom is 0.334 e. The van der Waals surface area contributed by atoms with Gasteiger partial charge < -0.3 is 10.4 Å². The SMILES string of the molecule is CCC(NC(=O)CCSC)(C(=O)O)c1ccccc1. The Morgan fingerprint density at radius 1 is 1.32 bits per heavy atom. The van der Waals surface area contributed by atoms with Crippen LogP contribution in [0.2, 0.25) is 0 Å². The minimum atomic E-state index is -1.34. The van der Waals surface area contributed by atoms with Crippen molar-refractivity contribution < 1.29 is 14.7 Å². The van der Waals surface area contributed by atoms with Gasteiger partial charge in [0.1, 0.15) is 0 Å². The Hall–Kier alpha value is -1.49. The van der Waals surface area contributed by atoms with Crippen molar-refractivity contribution >= 4 is 23.6 Å². The first-order chi connectivity index (χ1) is 9.06. The second-order valence-electron chi connectivity index (χ2n) is 4.22. The fourth-order valence-corrected chi connectivity index (χ4v) is 2.30. The van der Waals surface area contributed by atoms with Crippen molar-refractivity contribution in [1.82, 2.24) is 5.32 Å². The summed E-state index contributed by atoms with van der Waals surface area (Å²) in [7, 11) is 0. The molecular formula is C14H19NO3S. The molecule has 0 spiro atoms. The summed E-state index contributed by atoms with van der Waals surface area (Å²) < 4.78 is 0. The molecule has 0 aromatic heterocycles. The van der Waals surface area contributed by atoms with Crippen molar-refractivity contribution in [3.05, 3.63) is 35.9 Å². The molecule has 1 aromatic rings. The average molecular weight is 281 g/mol. The summed E-state index contributed by atoms with van der Waals surface area (Å²) in [6.07, 6.45) is 2.54. The Morgan fingerprint density at radius 2 is 1.95 bits per heavy atom. The van der Waals surface area contributed by atoms with E-state index in [1.165, 1.54) is 0 Å². The number of carbonyl (C=O) groups is 2. The number of rotatable bonds is 7.